The molecule has 56 heavy (non-hydrogen) atoms. The molecule has 0 saturated carbocycles. The van der Waals surface area contributed by atoms with E-state index in [2.05, 4.69) is 0 Å². The second-order valence-corrected chi connectivity index (χ2v) is 16.0. The molecule has 3 aliphatic heterocycles. The number of likely N-dealkylation sites (N-methyl/N-ethyl adjacent to an activating group) is 1. The highest BCUT2D eigenvalue weighted by Gasteiger charge is 2.60. The maximum atomic E-state index is 14.8. The summed E-state index contributed by atoms with van der Waals surface area (Å²) in [4.78, 5) is 44.4. The van der Waals surface area contributed by atoms with Gasteiger partial charge >= 0.3 is 5.97 Å². The van der Waals surface area contributed by atoms with Gasteiger partial charge in [0.15, 0.2) is 12.1 Å². The molecule has 0 spiro atoms. The number of ketones is 2. The molecule has 0 unspecified atom stereocenters. The SMILES string of the molecule is COC(=O)[C@@H]1c2cc3c(c(O)c2[C@H](O[C@@H]2O[C@H](C)[C@H](OC)[C@](C)(OC)[C@@H]2OC)C[C@]1(C)O)C(=O)c1c(O)cc2c(c1C3=O)O[C@H]1O[C@@]2(C)[C@H](O)[C@H](N(C)C)[C@H]1O. The number of esters is 1. The maximum absolute atomic E-state index is 14.8. The molecule has 0 amide bonds. The van der Waals surface area contributed by atoms with Crippen LogP contribution >= 0.6 is 0 Å². The molecular formula is C39H49NO16. The van der Waals surface area contributed by atoms with Crippen molar-refractivity contribution in [3.63, 3.8) is 0 Å². The van der Waals surface area contributed by atoms with Gasteiger partial charge in [0.05, 0.1) is 47.7 Å². The van der Waals surface area contributed by atoms with Crippen molar-refractivity contribution >= 4 is 17.5 Å². The molecule has 13 atom stereocenters. The lowest BCUT2D eigenvalue weighted by Crippen LogP contribution is -2.68. The molecule has 2 aromatic rings. The summed E-state index contributed by atoms with van der Waals surface area (Å²) < 4.78 is 47.4. The van der Waals surface area contributed by atoms with Crippen LogP contribution in [0, 0.1) is 0 Å². The fourth-order valence-electron chi connectivity index (χ4n) is 9.68. The smallest absolute Gasteiger partial charge is 0.316 e. The number of rotatable bonds is 7. The zero-order chi connectivity index (χ0) is 41.1. The van der Waals surface area contributed by atoms with Crippen LogP contribution in [0.3, 0.4) is 0 Å². The summed E-state index contributed by atoms with van der Waals surface area (Å²) in [6.45, 7) is 6.40. The van der Waals surface area contributed by atoms with Crippen LogP contribution in [0.1, 0.15) is 94.7 Å². The van der Waals surface area contributed by atoms with E-state index in [0.717, 1.165) is 13.2 Å². The first-order chi connectivity index (χ1) is 26.2. The predicted octanol–water partition coefficient (Wildman–Crippen LogP) is 1.14. The molecule has 17 nitrogen and oxygen atoms in total. The van der Waals surface area contributed by atoms with Crippen LogP contribution in [0.5, 0.6) is 17.2 Å². The lowest BCUT2D eigenvalue weighted by Gasteiger charge is -2.53. The number of nitrogens with zero attached hydrogens (tertiary/aromatic N) is 1. The second-order valence-electron chi connectivity index (χ2n) is 16.0. The van der Waals surface area contributed by atoms with Crippen molar-refractivity contribution < 1.29 is 77.8 Å². The first-order valence-electron chi connectivity index (χ1n) is 18.2. The van der Waals surface area contributed by atoms with Crippen molar-refractivity contribution in [1.82, 2.24) is 4.90 Å². The average molecular weight is 788 g/mol. The number of aliphatic hydroxyl groups excluding tert-OH is 2. The summed E-state index contributed by atoms with van der Waals surface area (Å²) in [5.41, 5.74) is -6.55. The zero-order valence-electron chi connectivity index (χ0n) is 32.8. The Hall–Kier alpha value is -3.75. The number of carbonyl (C=O) groups is 3. The highest BCUT2D eigenvalue weighted by molar-refractivity contribution is 6.31. The van der Waals surface area contributed by atoms with Gasteiger partial charge in [0, 0.05) is 44.4 Å². The van der Waals surface area contributed by atoms with Crippen molar-refractivity contribution in [3.05, 3.63) is 51.1 Å². The number of fused-ring (bicyclic) bond motifs is 8. The Labute approximate surface area is 322 Å². The molecular weight excluding hydrogens is 738 g/mol. The van der Waals surface area contributed by atoms with Crippen LogP contribution < -0.4 is 4.74 Å². The number of aliphatic hydroxyl groups is 3. The first kappa shape index (κ1) is 40.4. The number of phenolic OH excluding ortho intramolecular Hbond substituents is 2. The molecule has 7 rings (SSSR count). The quantitative estimate of drug-likeness (QED) is 0.212. The van der Waals surface area contributed by atoms with E-state index in [9.17, 15) is 39.9 Å². The van der Waals surface area contributed by atoms with E-state index in [1.165, 1.54) is 41.2 Å². The summed E-state index contributed by atoms with van der Waals surface area (Å²) in [6.07, 6.45) is -9.16. The van der Waals surface area contributed by atoms with Crippen LogP contribution in [0.15, 0.2) is 12.1 Å². The summed E-state index contributed by atoms with van der Waals surface area (Å²) >= 11 is 0. The molecule has 2 aliphatic carbocycles. The molecule has 306 valence electrons. The van der Waals surface area contributed by atoms with Gasteiger partial charge in [-0.3, -0.25) is 14.4 Å². The van der Waals surface area contributed by atoms with Gasteiger partial charge in [-0.05, 0) is 59.5 Å². The largest absolute Gasteiger partial charge is 0.507 e. The number of methoxy groups -OCH3 is 4. The topological polar surface area (TPSA) is 229 Å². The number of ether oxygens (including phenoxy) is 8. The molecule has 2 fully saturated rings. The number of hydrogen-bond acceptors (Lipinski definition) is 17. The minimum absolute atomic E-state index is 0.0417. The van der Waals surface area contributed by atoms with Crippen molar-refractivity contribution in [3.8, 4) is 17.2 Å². The van der Waals surface area contributed by atoms with Gasteiger partial charge < -0.3 is 68.3 Å². The van der Waals surface area contributed by atoms with E-state index >= 15 is 0 Å². The summed E-state index contributed by atoms with van der Waals surface area (Å²) in [5.74, 6) is -5.85. The monoisotopic (exact) mass is 787 g/mol. The lowest BCUT2D eigenvalue weighted by atomic mass is 9.68. The Kier molecular flexibility index (Phi) is 9.88. The van der Waals surface area contributed by atoms with E-state index in [1.807, 2.05) is 0 Å². The van der Waals surface area contributed by atoms with Gasteiger partial charge in [0.1, 0.15) is 58.8 Å². The first-order valence-corrected chi connectivity index (χ1v) is 18.2. The molecule has 17 heteroatoms. The Bertz CT molecular complexity index is 1980. The molecule has 0 aromatic heterocycles. The van der Waals surface area contributed by atoms with E-state index < -0.39 is 124 Å². The van der Waals surface area contributed by atoms with Gasteiger partial charge in [0.2, 0.25) is 12.1 Å². The average Bonchev–Trinajstić information content (AvgIpc) is 3.12. The number of carbonyl (C=O) groups excluding carboxylic acids is 3. The molecule has 5 aliphatic rings. The van der Waals surface area contributed by atoms with Crippen molar-refractivity contribution in [2.75, 3.05) is 42.5 Å². The third kappa shape index (κ3) is 5.47. The Morgan fingerprint density at radius 3 is 2.20 bits per heavy atom. The predicted molar refractivity (Wildman–Crippen MR) is 191 cm³/mol. The van der Waals surface area contributed by atoms with Gasteiger partial charge in [-0.15, -0.1) is 0 Å². The second kappa shape index (κ2) is 13.7. The van der Waals surface area contributed by atoms with Crippen LogP contribution in [0.25, 0.3) is 0 Å². The molecule has 2 saturated heterocycles. The van der Waals surface area contributed by atoms with E-state index in [1.54, 1.807) is 32.8 Å². The van der Waals surface area contributed by atoms with Crippen LogP contribution in [-0.4, -0.2) is 151 Å². The third-order valence-corrected chi connectivity index (χ3v) is 12.5. The number of aromatic hydroxyl groups is 2. The molecule has 2 bridgehead atoms. The van der Waals surface area contributed by atoms with E-state index in [-0.39, 0.29) is 34.4 Å². The maximum Gasteiger partial charge on any atom is 0.316 e. The zero-order valence-corrected chi connectivity index (χ0v) is 32.8. The van der Waals surface area contributed by atoms with Gasteiger partial charge in [0.25, 0.3) is 0 Å². The highest BCUT2D eigenvalue weighted by Crippen LogP contribution is 2.56. The minimum atomic E-state index is -1.91. The van der Waals surface area contributed by atoms with Crippen LogP contribution in [0.4, 0.5) is 0 Å². The van der Waals surface area contributed by atoms with Crippen LogP contribution in [-0.2, 0) is 43.6 Å². The van der Waals surface area contributed by atoms with Crippen molar-refractivity contribution in [2.45, 2.75) is 112 Å². The summed E-state index contributed by atoms with van der Waals surface area (Å²) in [5, 5.41) is 58.3. The fraction of sp³-hybridized carbons (Fsp3) is 0.615. The molecule has 2 aromatic carbocycles. The minimum Gasteiger partial charge on any atom is -0.507 e. The molecule has 3 heterocycles. The normalized spacial score (nSPS) is 38.6. The standard InChI is InChI=1S/C39H49NO16/c1-14-32(49-7)39(4,52-10)33(50-8)36(53-14)54-19-13-37(2,48)24(34(47)51-9)15-11-16-21(27(43)20(15)19)28(44)22-18(41)12-17-30(23(22)26(16)42)55-35-29(45)25(40(5)6)31(46)38(17,3)56-35/h11-12,14,19,24-25,29,31-33,35-36,41,43,45-46,48H,13H2,1-10H3/t14-,19-,24+,25-,29-,31-,32+,33-,35+,36+,37+,38-,39+/m1/s1. The fourth-order valence-corrected chi connectivity index (χ4v) is 9.68. The lowest BCUT2D eigenvalue weighted by molar-refractivity contribution is -0.345. The summed E-state index contributed by atoms with van der Waals surface area (Å²) in [7, 11) is 8.84. The van der Waals surface area contributed by atoms with Gasteiger partial charge in [-0.1, -0.05) is 0 Å². The summed E-state index contributed by atoms with van der Waals surface area (Å²) in [6, 6.07) is 1.50. The molecule has 0 radical (unpaired) electrons. The van der Waals surface area contributed by atoms with E-state index in [0.29, 0.717) is 0 Å². The highest BCUT2D eigenvalue weighted by atomic mass is 16.7. The van der Waals surface area contributed by atoms with Gasteiger partial charge in [-0.25, -0.2) is 0 Å². The molecule has 5 N–H and O–H groups in total. The third-order valence-electron chi connectivity index (χ3n) is 12.5. The van der Waals surface area contributed by atoms with Gasteiger partial charge in [-0.2, -0.15) is 0 Å². The Morgan fingerprint density at radius 1 is 0.946 bits per heavy atom. The number of phenols is 2. The Morgan fingerprint density at radius 2 is 1.61 bits per heavy atom. The van der Waals surface area contributed by atoms with Crippen molar-refractivity contribution in [1.29, 1.82) is 0 Å². The number of benzene rings is 2. The van der Waals surface area contributed by atoms with E-state index in [4.69, 9.17) is 37.9 Å². The number of hydrogen-bond donors (Lipinski definition) is 5. The van der Waals surface area contributed by atoms with Crippen molar-refractivity contribution in [2.24, 2.45) is 0 Å². The van der Waals surface area contributed by atoms with Crippen LogP contribution in [0.2, 0.25) is 0 Å². The Balaban J connectivity index is 1.40.